The first-order valence-electron chi connectivity index (χ1n) is 6.00. The maximum absolute atomic E-state index is 13.6. The maximum atomic E-state index is 13.6. The van der Waals surface area contributed by atoms with E-state index in [1.165, 1.54) is 12.1 Å². The second kappa shape index (κ2) is 6.98. The summed E-state index contributed by atoms with van der Waals surface area (Å²) in [5.74, 6) is -0.131. The third-order valence-corrected chi connectivity index (χ3v) is 2.85. The summed E-state index contributed by atoms with van der Waals surface area (Å²) in [6.07, 6.45) is 0. The van der Waals surface area contributed by atoms with Crippen molar-refractivity contribution in [1.82, 2.24) is 0 Å². The molecule has 20 heavy (non-hydrogen) atoms. The number of nitrogens with two attached hydrogens (primary N) is 1. The molecule has 0 bridgehead atoms. The fourth-order valence-corrected chi connectivity index (χ4v) is 1.79. The molecule has 0 radical (unpaired) electrons. The molecule has 0 spiro atoms. The molecule has 0 saturated heterocycles. The smallest absolute Gasteiger partial charge is 0.189 e. The van der Waals surface area contributed by atoms with Crippen molar-refractivity contribution in [3.05, 3.63) is 65.5 Å². The van der Waals surface area contributed by atoms with Gasteiger partial charge in [-0.25, -0.2) is 4.39 Å². The van der Waals surface area contributed by atoms with Gasteiger partial charge in [0.05, 0.1) is 6.61 Å². The molecule has 0 atom stereocenters. The summed E-state index contributed by atoms with van der Waals surface area (Å²) in [4.78, 5) is 0.0226. The van der Waals surface area contributed by atoms with Crippen LogP contribution in [0.15, 0.2) is 48.5 Å². The van der Waals surface area contributed by atoms with Gasteiger partial charge in [-0.15, -0.1) is 0 Å². The highest BCUT2D eigenvalue weighted by molar-refractivity contribution is 7.80. The summed E-state index contributed by atoms with van der Waals surface area (Å²) in [7, 11) is 0. The highest BCUT2D eigenvalue weighted by atomic mass is 32.1. The molecule has 0 unspecified atom stereocenters. The van der Waals surface area contributed by atoms with Gasteiger partial charge in [0.25, 0.3) is 0 Å². The van der Waals surface area contributed by atoms with Crippen molar-refractivity contribution in [2.24, 2.45) is 5.73 Å². The van der Waals surface area contributed by atoms with Crippen LogP contribution in [0, 0.1) is 5.82 Å². The molecule has 0 heterocycles. The summed E-state index contributed by atoms with van der Waals surface area (Å²) in [5.41, 5.74) is 6.63. The molecular weight excluding hydrogens is 277 g/mol. The summed E-state index contributed by atoms with van der Waals surface area (Å²) < 4.78 is 24.2. The Kier molecular flexibility index (Phi) is 5.03. The lowest BCUT2D eigenvalue weighted by Gasteiger charge is -2.08. The van der Waals surface area contributed by atoms with Crippen molar-refractivity contribution < 1.29 is 13.9 Å². The third kappa shape index (κ3) is 4.01. The molecule has 3 nitrogen and oxygen atoms in total. The number of hydrogen-bond acceptors (Lipinski definition) is 3. The number of ether oxygens (including phenoxy) is 2. The zero-order valence-corrected chi connectivity index (χ0v) is 11.5. The first-order chi connectivity index (χ1) is 9.66. The first kappa shape index (κ1) is 14.4. The number of thiocarbonyl (C=S) groups is 1. The van der Waals surface area contributed by atoms with E-state index in [0.29, 0.717) is 12.4 Å². The summed E-state index contributed by atoms with van der Waals surface area (Å²) >= 11 is 4.73. The summed E-state index contributed by atoms with van der Waals surface area (Å²) in [6.45, 7) is 0.481. The minimum Gasteiger partial charge on any atom is -0.467 e. The van der Waals surface area contributed by atoms with Crippen LogP contribution < -0.4 is 10.5 Å². The Balaban J connectivity index is 1.83. The lowest BCUT2D eigenvalue weighted by Crippen LogP contribution is -2.11. The van der Waals surface area contributed by atoms with Gasteiger partial charge in [-0.2, -0.15) is 0 Å². The topological polar surface area (TPSA) is 44.5 Å². The SMILES string of the molecule is NC(=S)c1ccc(OCOCc2ccccc2)cc1F. The van der Waals surface area contributed by atoms with Gasteiger partial charge in [0, 0.05) is 11.6 Å². The molecular formula is C15H14FNO2S. The van der Waals surface area contributed by atoms with Gasteiger partial charge in [0.1, 0.15) is 16.6 Å². The zero-order valence-electron chi connectivity index (χ0n) is 10.7. The van der Waals surface area contributed by atoms with E-state index in [1.807, 2.05) is 30.3 Å². The molecule has 0 aliphatic rings. The van der Waals surface area contributed by atoms with Crippen LogP contribution in [-0.4, -0.2) is 11.8 Å². The molecule has 0 aliphatic heterocycles. The van der Waals surface area contributed by atoms with E-state index >= 15 is 0 Å². The van der Waals surface area contributed by atoms with Crippen molar-refractivity contribution in [1.29, 1.82) is 0 Å². The van der Waals surface area contributed by atoms with Crippen LogP contribution in [-0.2, 0) is 11.3 Å². The average molecular weight is 291 g/mol. The van der Waals surface area contributed by atoms with E-state index in [2.05, 4.69) is 0 Å². The number of benzene rings is 2. The van der Waals surface area contributed by atoms with Crippen LogP contribution >= 0.6 is 12.2 Å². The molecule has 2 N–H and O–H groups in total. The van der Waals surface area contributed by atoms with Crippen molar-refractivity contribution in [2.75, 3.05) is 6.79 Å². The minimum atomic E-state index is -0.502. The van der Waals surface area contributed by atoms with E-state index in [4.69, 9.17) is 27.4 Å². The van der Waals surface area contributed by atoms with Gasteiger partial charge in [-0.05, 0) is 17.7 Å². The molecule has 2 aromatic rings. The van der Waals surface area contributed by atoms with Crippen LogP contribution in [0.2, 0.25) is 0 Å². The predicted octanol–water partition coefficient (Wildman–Crippen LogP) is 3.01. The zero-order chi connectivity index (χ0) is 14.4. The van der Waals surface area contributed by atoms with Crippen molar-refractivity contribution in [2.45, 2.75) is 6.61 Å². The largest absolute Gasteiger partial charge is 0.467 e. The van der Waals surface area contributed by atoms with Crippen LogP contribution in [0.3, 0.4) is 0 Å². The van der Waals surface area contributed by atoms with Gasteiger partial charge in [0.2, 0.25) is 0 Å². The number of rotatable bonds is 6. The highest BCUT2D eigenvalue weighted by Crippen LogP contribution is 2.16. The van der Waals surface area contributed by atoms with Gasteiger partial charge < -0.3 is 15.2 Å². The predicted molar refractivity (Wildman–Crippen MR) is 79.0 cm³/mol. The Morgan fingerprint density at radius 3 is 2.55 bits per heavy atom. The van der Waals surface area contributed by atoms with E-state index in [-0.39, 0.29) is 17.3 Å². The Hall–Kier alpha value is -1.98. The van der Waals surface area contributed by atoms with E-state index in [0.717, 1.165) is 5.56 Å². The summed E-state index contributed by atoms with van der Waals surface area (Å²) in [6, 6.07) is 14.0. The minimum absolute atomic E-state index is 0.0226. The van der Waals surface area contributed by atoms with Gasteiger partial charge in [-0.3, -0.25) is 0 Å². The molecule has 0 aromatic heterocycles. The molecule has 0 amide bonds. The molecule has 0 saturated carbocycles. The normalized spacial score (nSPS) is 10.2. The van der Waals surface area contributed by atoms with Crippen LogP contribution in [0.25, 0.3) is 0 Å². The van der Waals surface area contributed by atoms with Crippen LogP contribution in [0.5, 0.6) is 5.75 Å². The average Bonchev–Trinajstić information content (AvgIpc) is 2.44. The van der Waals surface area contributed by atoms with Crippen molar-refractivity contribution in [3.8, 4) is 5.75 Å². The number of hydrogen-bond donors (Lipinski definition) is 1. The molecule has 2 aromatic carbocycles. The molecule has 0 aliphatic carbocycles. The summed E-state index contributed by atoms with van der Waals surface area (Å²) in [5, 5.41) is 0. The van der Waals surface area contributed by atoms with Gasteiger partial charge >= 0.3 is 0 Å². The quantitative estimate of drug-likeness (QED) is 0.505. The fraction of sp³-hybridized carbons (Fsp3) is 0.133. The molecule has 2 rings (SSSR count). The second-order valence-electron chi connectivity index (χ2n) is 4.10. The lowest BCUT2D eigenvalue weighted by atomic mass is 10.2. The fourth-order valence-electron chi connectivity index (χ4n) is 1.63. The molecule has 104 valence electrons. The standard InChI is InChI=1S/C15H14FNO2S/c16-14-8-12(6-7-13(14)15(17)20)19-10-18-9-11-4-2-1-3-5-11/h1-8H,9-10H2,(H2,17,20). The Bertz CT molecular complexity index is 590. The molecule has 5 heteroatoms. The van der Waals surface area contributed by atoms with Gasteiger partial charge in [0.15, 0.2) is 6.79 Å². The second-order valence-corrected chi connectivity index (χ2v) is 4.54. The van der Waals surface area contributed by atoms with Gasteiger partial charge in [-0.1, -0.05) is 42.5 Å². The lowest BCUT2D eigenvalue weighted by molar-refractivity contribution is 0.00490. The first-order valence-corrected chi connectivity index (χ1v) is 6.41. The van der Waals surface area contributed by atoms with Crippen molar-refractivity contribution in [3.63, 3.8) is 0 Å². The molecule has 0 fully saturated rings. The Morgan fingerprint density at radius 1 is 1.15 bits per heavy atom. The van der Waals surface area contributed by atoms with E-state index < -0.39 is 5.82 Å². The van der Waals surface area contributed by atoms with Crippen LogP contribution in [0.4, 0.5) is 4.39 Å². The Morgan fingerprint density at radius 2 is 1.90 bits per heavy atom. The highest BCUT2D eigenvalue weighted by Gasteiger charge is 2.06. The van der Waals surface area contributed by atoms with E-state index in [1.54, 1.807) is 6.07 Å². The monoisotopic (exact) mass is 291 g/mol. The van der Waals surface area contributed by atoms with Crippen LogP contribution in [0.1, 0.15) is 11.1 Å². The third-order valence-electron chi connectivity index (χ3n) is 2.63. The number of halogens is 1. The Labute approximate surface area is 122 Å². The van der Waals surface area contributed by atoms with E-state index in [9.17, 15) is 4.39 Å². The van der Waals surface area contributed by atoms with Crippen molar-refractivity contribution >= 4 is 17.2 Å². The maximum Gasteiger partial charge on any atom is 0.189 e.